The molecule has 3 heterocycles. The molecule has 3 aliphatic heterocycles. The van der Waals surface area contributed by atoms with Crippen molar-refractivity contribution in [2.45, 2.75) is 106 Å². The van der Waals surface area contributed by atoms with Crippen LogP contribution < -0.4 is 11.5 Å². The number of nitrogens with two attached hydrogens (primary N) is 2. The summed E-state index contributed by atoms with van der Waals surface area (Å²) in [5.41, 5.74) is 11.9. The third-order valence-corrected chi connectivity index (χ3v) is 7.36. The Bertz CT molecular complexity index is 919. The molecule has 0 aliphatic carbocycles. The van der Waals surface area contributed by atoms with E-state index in [1.165, 1.54) is 6.92 Å². The Hall–Kier alpha value is -0.810. The van der Waals surface area contributed by atoms with E-state index in [2.05, 4.69) is 19.1 Å². The molecule has 3 aliphatic rings. The van der Waals surface area contributed by atoms with Gasteiger partial charge in [0.05, 0.1) is 30.9 Å². The quantitative estimate of drug-likeness (QED) is 0.0555. The van der Waals surface area contributed by atoms with Crippen LogP contribution in [0.1, 0.15) is 13.8 Å². The summed E-state index contributed by atoms with van der Waals surface area (Å²) in [6, 6.07) is -2.38. The topological polar surface area (TPSA) is 320 Å². The Morgan fingerprint density at radius 3 is 1.98 bits per heavy atom. The summed E-state index contributed by atoms with van der Waals surface area (Å²) >= 11 is 0. The van der Waals surface area contributed by atoms with Crippen LogP contribution in [0.15, 0.2) is 0 Å². The first kappa shape index (κ1) is 34.7. The lowest BCUT2D eigenvalue weighted by Crippen LogP contribution is -2.67. The molecule has 15 atom stereocenters. The Balaban J connectivity index is 1.72. The van der Waals surface area contributed by atoms with Gasteiger partial charge in [0.15, 0.2) is 12.6 Å². The summed E-state index contributed by atoms with van der Waals surface area (Å²) in [4.78, 5) is 9.33. The highest BCUT2D eigenvalue weighted by Gasteiger charge is 2.53. The molecule has 11 N–H and O–H groups in total. The zero-order chi connectivity index (χ0) is 30.6. The Morgan fingerprint density at radius 2 is 1.37 bits per heavy atom. The van der Waals surface area contributed by atoms with Gasteiger partial charge in [-0.15, -0.1) is 0 Å². The van der Waals surface area contributed by atoms with Gasteiger partial charge in [-0.2, -0.15) is 13.3 Å². The van der Waals surface area contributed by atoms with Crippen LogP contribution in [0, 0.1) is 0 Å². The number of aliphatic hydroxyl groups excluding tert-OH is 4. The first-order valence-corrected chi connectivity index (χ1v) is 13.6. The van der Waals surface area contributed by atoms with Gasteiger partial charge in [0.1, 0.15) is 61.5 Å². The average molecular weight is 629 g/mol. The minimum absolute atomic E-state index is 0.455. The van der Waals surface area contributed by atoms with Gasteiger partial charge in [0, 0.05) is 0 Å². The largest absolute Gasteiger partial charge is 0.397 e. The predicted octanol–water partition coefficient (Wildman–Crippen LogP) is -4.86. The van der Waals surface area contributed by atoms with Crippen molar-refractivity contribution in [2.24, 2.45) is 11.5 Å². The highest BCUT2D eigenvalue weighted by molar-refractivity contribution is 7.80. The summed E-state index contributed by atoms with van der Waals surface area (Å²) < 4.78 is 63.0. The molecular weight excluding hydrogens is 592 g/mol. The lowest BCUT2D eigenvalue weighted by Gasteiger charge is -2.48. The molecule has 41 heavy (non-hydrogen) atoms. The third-order valence-electron chi connectivity index (χ3n) is 6.93. The number of rotatable bonds is 12. The molecule has 6 unspecified atom stereocenters. The third kappa shape index (κ3) is 8.43. The molecule has 3 fully saturated rings. The minimum Gasteiger partial charge on any atom is -0.388 e. The highest BCUT2D eigenvalue weighted by Crippen LogP contribution is 2.32. The van der Waals surface area contributed by atoms with Gasteiger partial charge in [0.2, 0.25) is 0 Å². The van der Waals surface area contributed by atoms with Crippen LogP contribution in [0.5, 0.6) is 0 Å². The normalized spacial score (nSPS) is 46.0. The summed E-state index contributed by atoms with van der Waals surface area (Å²) in [5.74, 6) is 0. The minimum atomic E-state index is -4.92. The Kier molecular flexibility index (Phi) is 12.5. The molecular formula is C19H36N2O19S. The molecule has 0 radical (unpaired) electrons. The summed E-state index contributed by atoms with van der Waals surface area (Å²) in [6.07, 6.45) is -18.7. The van der Waals surface area contributed by atoms with Crippen molar-refractivity contribution >= 4 is 10.4 Å². The standard InChI is InChI=1S/C19H36N2O19S/c1-5-9(20)17(38-40-27)16(8(33-5)3-31-39-26)37-19-14(25)13(24)15(6(2)34-19)36-18-10(21)12(23)11(22)7(35-18)4-32-41(28,29)30/h5-19,22-27H,3-4,20-21H2,1-2H3,(H,28,29,30)/t5-,6?,7?,8?,9?,10?,11+,12+,13+,14?,15+,16+,17+,18-,19-/m0/s1. The van der Waals surface area contributed by atoms with Gasteiger partial charge >= 0.3 is 10.4 Å². The van der Waals surface area contributed by atoms with Gasteiger partial charge in [-0.25, -0.2) is 19.6 Å². The van der Waals surface area contributed by atoms with E-state index in [4.69, 9.17) is 55.1 Å². The van der Waals surface area contributed by atoms with Crippen LogP contribution >= 0.6 is 0 Å². The number of aliphatic hydroxyl groups is 4. The summed E-state index contributed by atoms with van der Waals surface area (Å²) in [6.45, 7) is 1.60. The van der Waals surface area contributed by atoms with E-state index in [-0.39, 0.29) is 0 Å². The smallest absolute Gasteiger partial charge is 0.388 e. The van der Waals surface area contributed by atoms with Crippen molar-refractivity contribution in [3.63, 3.8) is 0 Å². The first-order chi connectivity index (χ1) is 19.2. The molecule has 0 spiro atoms. The molecule has 0 aromatic heterocycles. The van der Waals surface area contributed by atoms with Crippen molar-refractivity contribution < 1.29 is 91.6 Å². The van der Waals surface area contributed by atoms with Crippen LogP contribution in [0.4, 0.5) is 0 Å². The summed E-state index contributed by atoms with van der Waals surface area (Å²) in [5, 5.41) is 67.0. The lowest BCUT2D eigenvalue weighted by atomic mass is 9.93. The van der Waals surface area contributed by atoms with Gasteiger partial charge in [0.25, 0.3) is 0 Å². The number of hydrogen-bond acceptors (Lipinski definition) is 20. The Labute approximate surface area is 232 Å². The van der Waals surface area contributed by atoms with Crippen LogP contribution in [-0.2, 0) is 58.1 Å². The maximum atomic E-state index is 10.9. The van der Waals surface area contributed by atoms with E-state index in [1.807, 2.05) is 0 Å². The molecule has 0 aromatic rings. The second-order valence-corrected chi connectivity index (χ2v) is 10.7. The number of ether oxygens (including phenoxy) is 5. The molecule has 0 aromatic carbocycles. The lowest BCUT2D eigenvalue weighted by molar-refractivity contribution is -0.526. The van der Waals surface area contributed by atoms with Crippen LogP contribution in [0.25, 0.3) is 0 Å². The van der Waals surface area contributed by atoms with Crippen LogP contribution in [0.2, 0.25) is 0 Å². The van der Waals surface area contributed by atoms with Gasteiger partial charge < -0.3 is 55.6 Å². The molecule has 3 saturated heterocycles. The molecule has 0 bridgehead atoms. The maximum Gasteiger partial charge on any atom is 0.397 e. The Morgan fingerprint density at radius 1 is 0.707 bits per heavy atom. The molecule has 3 rings (SSSR count). The van der Waals surface area contributed by atoms with Gasteiger partial charge in [-0.05, 0) is 13.8 Å². The molecule has 242 valence electrons. The van der Waals surface area contributed by atoms with Crippen molar-refractivity contribution in [1.82, 2.24) is 0 Å². The highest BCUT2D eigenvalue weighted by atomic mass is 32.3. The fourth-order valence-electron chi connectivity index (χ4n) is 4.69. The van der Waals surface area contributed by atoms with Crippen molar-refractivity contribution in [3.05, 3.63) is 0 Å². The fourth-order valence-corrected chi connectivity index (χ4v) is 4.99. The maximum absolute atomic E-state index is 10.9. The van der Waals surface area contributed by atoms with E-state index in [0.29, 0.717) is 0 Å². The average Bonchev–Trinajstić information content (AvgIpc) is 2.91. The molecule has 21 nitrogen and oxygen atoms in total. The van der Waals surface area contributed by atoms with E-state index in [0.717, 1.165) is 0 Å². The van der Waals surface area contributed by atoms with Crippen molar-refractivity contribution in [1.29, 1.82) is 0 Å². The SMILES string of the molecule is CC1O[C@@H](O[C@@H]2C(COOO)O[C@@H](C)C(N)[C@H]2OOO)C(O)[C@@H](O)[C@@H]1O[C@@H]1OC(COS(=O)(=O)O)[C@@H](O)[C@H](O)C1N. The zero-order valence-corrected chi connectivity index (χ0v) is 22.5. The van der Waals surface area contributed by atoms with E-state index in [9.17, 15) is 28.8 Å². The predicted molar refractivity (Wildman–Crippen MR) is 123 cm³/mol. The summed E-state index contributed by atoms with van der Waals surface area (Å²) in [7, 11) is -4.92. The zero-order valence-electron chi connectivity index (χ0n) is 21.7. The van der Waals surface area contributed by atoms with Gasteiger partial charge in [-0.3, -0.25) is 4.55 Å². The second-order valence-electron chi connectivity index (χ2n) is 9.66. The van der Waals surface area contributed by atoms with Crippen LogP contribution in [-0.4, -0.2) is 149 Å². The monoisotopic (exact) mass is 628 g/mol. The van der Waals surface area contributed by atoms with E-state index >= 15 is 0 Å². The second kappa shape index (κ2) is 14.8. The van der Waals surface area contributed by atoms with Crippen LogP contribution in [0.3, 0.4) is 0 Å². The van der Waals surface area contributed by atoms with E-state index < -0.39 is 115 Å². The molecule has 0 saturated carbocycles. The van der Waals surface area contributed by atoms with Gasteiger partial charge in [-0.1, -0.05) is 10.1 Å². The molecule has 0 amide bonds. The fraction of sp³-hybridized carbons (Fsp3) is 1.00. The van der Waals surface area contributed by atoms with E-state index in [1.54, 1.807) is 6.92 Å². The number of hydrogen-bond donors (Lipinski definition) is 9. The first-order valence-electron chi connectivity index (χ1n) is 12.2. The van der Waals surface area contributed by atoms with Crippen molar-refractivity contribution in [2.75, 3.05) is 13.2 Å². The molecule has 22 heteroatoms. The van der Waals surface area contributed by atoms with Crippen molar-refractivity contribution in [3.8, 4) is 0 Å².